The first kappa shape index (κ1) is 36.5. The molecule has 0 aliphatic rings. The molecule has 0 amide bonds. The van der Waals surface area contributed by atoms with Gasteiger partial charge in [-0.25, -0.2) is 0 Å². The van der Waals surface area contributed by atoms with E-state index in [9.17, 15) is 0 Å². The van der Waals surface area contributed by atoms with Crippen molar-refractivity contribution >= 4 is 34.1 Å². The van der Waals surface area contributed by atoms with Crippen molar-refractivity contribution in [1.29, 1.82) is 0 Å². The molecule has 270 valence electrons. The van der Waals surface area contributed by atoms with Crippen molar-refractivity contribution < 1.29 is 0 Å². The van der Waals surface area contributed by atoms with Gasteiger partial charge in [0.05, 0.1) is 0 Å². The van der Waals surface area contributed by atoms with Gasteiger partial charge in [-0.1, -0.05) is 124 Å². The van der Waals surface area contributed by atoms with Crippen molar-refractivity contribution in [1.82, 2.24) is 0 Å². The largest absolute Gasteiger partial charge is 0.310 e. The minimum absolute atomic E-state index is 1.13. The van der Waals surface area contributed by atoms with Gasteiger partial charge >= 0.3 is 0 Å². The predicted molar refractivity (Wildman–Crippen MR) is 233 cm³/mol. The Morgan fingerprint density at radius 3 is 0.926 bits per heavy atom. The zero-order valence-electron chi connectivity index (χ0n) is 32.3. The number of hydrogen-bond acceptors (Lipinski definition) is 2. The van der Waals surface area contributed by atoms with E-state index in [1.54, 1.807) is 0 Å². The SMILES string of the molecule is CCCCc1ccc(N(c2ccc(-c3ccc(-c4ccc(N(c5ccc(CCCC)cc5)c5cccc(C)c5)cc4)cc3)cc2)c2cccc(C)c2)cc1. The summed E-state index contributed by atoms with van der Waals surface area (Å²) < 4.78 is 0. The van der Waals surface area contributed by atoms with Gasteiger partial charge in [-0.05, 0) is 157 Å². The number of nitrogens with zero attached hydrogens (tertiary/aromatic N) is 2. The standard InChI is InChI=1S/C52H52N2/c1-5-7-13-41-17-29-47(30-18-41)53(51-15-9-11-39(3)37-51)49-33-25-45(26-34-49)43-21-23-44(24-22-43)46-27-35-50(36-28-46)54(52-16-10-12-40(4)38-52)48-31-19-42(20-32-48)14-8-6-2/h9-12,15-38H,5-8,13-14H2,1-4H3. The summed E-state index contributed by atoms with van der Waals surface area (Å²) in [5, 5.41) is 0. The highest BCUT2D eigenvalue weighted by Crippen LogP contribution is 2.38. The van der Waals surface area contributed by atoms with Crippen LogP contribution in [-0.2, 0) is 12.8 Å². The number of benzene rings is 7. The van der Waals surface area contributed by atoms with Gasteiger partial charge in [0, 0.05) is 34.1 Å². The molecule has 0 aromatic heterocycles. The van der Waals surface area contributed by atoms with Crippen LogP contribution < -0.4 is 9.80 Å². The normalized spacial score (nSPS) is 11.0. The predicted octanol–water partition coefficient (Wildman–Crippen LogP) is 15.3. The summed E-state index contributed by atoms with van der Waals surface area (Å²) in [6.45, 7) is 8.82. The van der Waals surface area contributed by atoms with E-state index in [1.165, 1.54) is 92.9 Å². The van der Waals surface area contributed by atoms with Crippen LogP contribution in [0.3, 0.4) is 0 Å². The second-order valence-electron chi connectivity index (χ2n) is 14.6. The highest BCUT2D eigenvalue weighted by atomic mass is 15.1. The van der Waals surface area contributed by atoms with Crippen LogP contribution in [-0.4, -0.2) is 0 Å². The Bertz CT molecular complexity index is 2070. The molecule has 0 spiro atoms. The van der Waals surface area contributed by atoms with Gasteiger partial charge in [-0.3, -0.25) is 0 Å². The molecule has 7 aromatic rings. The summed E-state index contributed by atoms with van der Waals surface area (Å²) in [7, 11) is 0. The summed E-state index contributed by atoms with van der Waals surface area (Å²) in [6, 6.07) is 62.6. The molecule has 0 atom stereocenters. The summed E-state index contributed by atoms with van der Waals surface area (Å²) in [5.41, 5.74) is 17.1. The summed E-state index contributed by atoms with van der Waals surface area (Å²) in [6.07, 6.45) is 7.11. The average Bonchev–Trinajstić information content (AvgIpc) is 3.21. The van der Waals surface area contributed by atoms with Gasteiger partial charge in [0.15, 0.2) is 0 Å². The molecule has 0 aliphatic carbocycles. The maximum Gasteiger partial charge on any atom is 0.0464 e. The van der Waals surface area contributed by atoms with Crippen LogP contribution in [0.2, 0.25) is 0 Å². The van der Waals surface area contributed by atoms with E-state index in [0.29, 0.717) is 0 Å². The lowest BCUT2D eigenvalue weighted by Gasteiger charge is -2.26. The van der Waals surface area contributed by atoms with Gasteiger partial charge < -0.3 is 9.80 Å². The van der Waals surface area contributed by atoms with Gasteiger partial charge in [-0.2, -0.15) is 0 Å². The Morgan fingerprint density at radius 2 is 0.630 bits per heavy atom. The molecule has 7 rings (SSSR count). The molecule has 2 heteroatoms. The van der Waals surface area contributed by atoms with E-state index in [2.05, 4.69) is 207 Å². The van der Waals surface area contributed by atoms with Crippen LogP contribution in [0.4, 0.5) is 34.1 Å². The fraction of sp³-hybridized carbons (Fsp3) is 0.192. The van der Waals surface area contributed by atoms with Crippen LogP contribution in [0.1, 0.15) is 61.8 Å². The van der Waals surface area contributed by atoms with Crippen LogP contribution >= 0.6 is 0 Å². The van der Waals surface area contributed by atoms with Crippen molar-refractivity contribution in [3.63, 3.8) is 0 Å². The van der Waals surface area contributed by atoms with Gasteiger partial charge in [0.1, 0.15) is 0 Å². The van der Waals surface area contributed by atoms with E-state index >= 15 is 0 Å². The Morgan fingerprint density at radius 1 is 0.333 bits per heavy atom. The molecule has 54 heavy (non-hydrogen) atoms. The number of aryl methyl sites for hydroxylation is 4. The third kappa shape index (κ3) is 8.67. The molecule has 0 heterocycles. The lowest BCUT2D eigenvalue weighted by atomic mass is 9.99. The molecule has 0 fully saturated rings. The first-order valence-electron chi connectivity index (χ1n) is 19.7. The van der Waals surface area contributed by atoms with Crippen LogP contribution in [0, 0.1) is 13.8 Å². The zero-order valence-corrected chi connectivity index (χ0v) is 32.3. The summed E-state index contributed by atoms with van der Waals surface area (Å²) >= 11 is 0. The molecule has 0 radical (unpaired) electrons. The summed E-state index contributed by atoms with van der Waals surface area (Å²) in [4.78, 5) is 4.71. The van der Waals surface area contributed by atoms with E-state index in [0.717, 1.165) is 24.2 Å². The average molecular weight is 705 g/mol. The van der Waals surface area contributed by atoms with E-state index < -0.39 is 0 Å². The van der Waals surface area contributed by atoms with Crippen LogP contribution in [0.25, 0.3) is 22.3 Å². The molecule has 2 nitrogen and oxygen atoms in total. The Balaban J connectivity index is 1.11. The van der Waals surface area contributed by atoms with Crippen molar-refractivity contribution in [2.45, 2.75) is 66.2 Å². The fourth-order valence-electron chi connectivity index (χ4n) is 7.27. The Hall–Kier alpha value is -5.86. The fourth-order valence-corrected chi connectivity index (χ4v) is 7.27. The van der Waals surface area contributed by atoms with E-state index in [1.807, 2.05) is 0 Å². The maximum absolute atomic E-state index is 2.36. The molecule has 0 unspecified atom stereocenters. The lowest BCUT2D eigenvalue weighted by Crippen LogP contribution is -2.10. The smallest absolute Gasteiger partial charge is 0.0464 e. The van der Waals surface area contributed by atoms with Crippen LogP contribution in [0.5, 0.6) is 0 Å². The first-order chi connectivity index (χ1) is 26.5. The number of rotatable bonds is 14. The molecule has 7 aromatic carbocycles. The molecular formula is C52H52N2. The number of hydrogen-bond donors (Lipinski definition) is 0. The maximum atomic E-state index is 2.36. The molecular weight excluding hydrogens is 653 g/mol. The minimum Gasteiger partial charge on any atom is -0.310 e. The van der Waals surface area contributed by atoms with Crippen molar-refractivity contribution in [3.05, 3.63) is 192 Å². The highest BCUT2D eigenvalue weighted by molar-refractivity contribution is 5.81. The van der Waals surface area contributed by atoms with E-state index in [4.69, 9.17) is 0 Å². The summed E-state index contributed by atoms with van der Waals surface area (Å²) in [5.74, 6) is 0. The highest BCUT2D eigenvalue weighted by Gasteiger charge is 2.15. The lowest BCUT2D eigenvalue weighted by molar-refractivity contribution is 0.795. The molecule has 0 saturated carbocycles. The quantitative estimate of drug-likeness (QED) is 0.111. The zero-order chi connectivity index (χ0) is 37.3. The van der Waals surface area contributed by atoms with Crippen molar-refractivity contribution in [2.75, 3.05) is 9.80 Å². The second kappa shape index (κ2) is 17.3. The third-order valence-electron chi connectivity index (χ3n) is 10.3. The molecule has 0 N–H and O–H groups in total. The topological polar surface area (TPSA) is 6.48 Å². The molecule has 0 aliphatic heterocycles. The van der Waals surface area contributed by atoms with Crippen LogP contribution in [0.15, 0.2) is 170 Å². The van der Waals surface area contributed by atoms with Crippen molar-refractivity contribution in [2.24, 2.45) is 0 Å². The Kier molecular flexibility index (Phi) is 11.7. The van der Waals surface area contributed by atoms with Gasteiger partial charge in [0.2, 0.25) is 0 Å². The van der Waals surface area contributed by atoms with Gasteiger partial charge in [-0.15, -0.1) is 0 Å². The monoisotopic (exact) mass is 704 g/mol. The first-order valence-corrected chi connectivity index (χ1v) is 19.7. The molecule has 0 saturated heterocycles. The van der Waals surface area contributed by atoms with Crippen molar-refractivity contribution in [3.8, 4) is 22.3 Å². The number of unbranched alkanes of at least 4 members (excludes halogenated alkanes) is 2. The van der Waals surface area contributed by atoms with Gasteiger partial charge in [0.25, 0.3) is 0 Å². The second-order valence-corrected chi connectivity index (χ2v) is 14.6. The number of anilines is 6. The van der Waals surface area contributed by atoms with E-state index in [-0.39, 0.29) is 0 Å². The third-order valence-corrected chi connectivity index (χ3v) is 10.3. The Labute approximate surface area is 323 Å². The molecule has 0 bridgehead atoms. The minimum atomic E-state index is 1.13.